The summed E-state index contributed by atoms with van der Waals surface area (Å²) in [7, 11) is 0. The Morgan fingerprint density at radius 3 is 2.43 bits per heavy atom. The Morgan fingerprint density at radius 1 is 1.05 bits per heavy atom. The second-order valence-electron chi connectivity index (χ2n) is 5.60. The Morgan fingerprint density at radius 2 is 1.76 bits per heavy atom. The Bertz CT molecular complexity index is 789. The summed E-state index contributed by atoms with van der Waals surface area (Å²) < 4.78 is 1.89. The lowest BCUT2D eigenvalue weighted by molar-refractivity contribution is 0.150. The van der Waals surface area contributed by atoms with Gasteiger partial charge in [0.05, 0.1) is 18.3 Å². The van der Waals surface area contributed by atoms with E-state index >= 15 is 0 Å². The first-order chi connectivity index (χ1) is 10.1. The van der Waals surface area contributed by atoms with Crippen molar-refractivity contribution in [3.8, 4) is 0 Å². The molecule has 21 heavy (non-hydrogen) atoms. The topological polar surface area (TPSA) is 38.0 Å². The largest absolute Gasteiger partial charge is 0.386 e. The normalized spacial score (nSPS) is 12.8. The van der Waals surface area contributed by atoms with E-state index in [0.717, 1.165) is 22.3 Å². The third-order valence-electron chi connectivity index (χ3n) is 4.25. The SMILES string of the molecule is Cc1nn(CC(O)c2ccc3ccccc3c2)c(C)c1C. The molecule has 0 bridgehead atoms. The molecular weight excluding hydrogens is 260 g/mol. The van der Waals surface area contributed by atoms with Gasteiger partial charge in [0.15, 0.2) is 0 Å². The lowest BCUT2D eigenvalue weighted by atomic mass is 10.0. The van der Waals surface area contributed by atoms with Gasteiger partial charge in [0.1, 0.15) is 0 Å². The van der Waals surface area contributed by atoms with E-state index in [1.165, 1.54) is 10.9 Å². The highest BCUT2D eigenvalue weighted by atomic mass is 16.3. The molecule has 1 N–H and O–H groups in total. The van der Waals surface area contributed by atoms with Crippen LogP contribution in [-0.4, -0.2) is 14.9 Å². The first-order valence-corrected chi connectivity index (χ1v) is 7.23. The van der Waals surface area contributed by atoms with Crippen LogP contribution in [0.2, 0.25) is 0 Å². The molecule has 0 fully saturated rings. The fourth-order valence-corrected chi connectivity index (χ4v) is 2.65. The van der Waals surface area contributed by atoms with Gasteiger partial charge in [0, 0.05) is 5.69 Å². The van der Waals surface area contributed by atoms with Crippen molar-refractivity contribution in [3.05, 3.63) is 65.0 Å². The third-order valence-corrected chi connectivity index (χ3v) is 4.25. The molecule has 0 spiro atoms. The van der Waals surface area contributed by atoms with Gasteiger partial charge in [0.2, 0.25) is 0 Å². The van der Waals surface area contributed by atoms with Crippen LogP contribution in [-0.2, 0) is 6.54 Å². The van der Waals surface area contributed by atoms with E-state index < -0.39 is 6.10 Å². The minimum Gasteiger partial charge on any atom is -0.386 e. The molecule has 1 aromatic heterocycles. The lowest BCUT2D eigenvalue weighted by Crippen LogP contribution is -2.11. The first-order valence-electron chi connectivity index (χ1n) is 7.23. The van der Waals surface area contributed by atoms with E-state index in [4.69, 9.17) is 0 Å². The minimum atomic E-state index is -0.549. The van der Waals surface area contributed by atoms with E-state index in [1.54, 1.807) is 0 Å². The van der Waals surface area contributed by atoms with Crippen LogP contribution in [0.5, 0.6) is 0 Å². The molecule has 0 aliphatic heterocycles. The number of nitrogens with zero attached hydrogens (tertiary/aromatic N) is 2. The number of hydrogen-bond acceptors (Lipinski definition) is 2. The smallest absolute Gasteiger partial charge is 0.0986 e. The molecular formula is C18H20N2O. The first kappa shape index (κ1) is 13.8. The highest BCUT2D eigenvalue weighted by molar-refractivity contribution is 5.83. The molecule has 0 aliphatic carbocycles. The Kier molecular flexibility index (Phi) is 3.52. The number of aliphatic hydroxyl groups excluding tert-OH is 1. The summed E-state index contributed by atoms with van der Waals surface area (Å²) >= 11 is 0. The number of hydrogen-bond donors (Lipinski definition) is 1. The predicted octanol–water partition coefficient (Wildman–Crippen LogP) is 3.70. The van der Waals surface area contributed by atoms with Crippen molar-refractivity contribution in [2.24, 2.45) is 0 Å². The van der Waals surface area contributed by atoms with Gasteiger partial charge >= 0.3 is 0 Å². The monoisotopic (exact) mass is 280 g/mol. The molecule has 108 valence electrons. The van der Waals surface area contributed by atoms with Gasteiger partial charge in [-0.2, -0.15) is 5.10 Å². The summed E-state index contributed by atoms with van der Waals surface area (Å²) in [6, 6.07) is 14.3. The van der Waals surface area contributed by atoms with Crippen LogP contribution in [0.15, 0.2) is 42.5 Å². The van der Waals surface area contributed by atoms with Crippen LogP contribution in [0.1, 0.15) is 28.6 Å². The quantitative estimate of drug-likeness (QED) is 0.794. The second-order valence-corrected chi connectivity index (χ2v) is 5.60. The van der Waals surface area contributed by atoms with E-state index in [0.29, 0.717) is 6.54 Å². The van der Waals surface area contributed by atoms with Crippen molar-refractivity contribution < 1.29 is 5.11 Å². The van der Waals surface area contributed by atoms with E-state index in [2.05, 4.69) is 36.3 Å². The van der Waals surface area contributed by atoms with Crippen LogP contribution in [0.25, 0.3) is 10.8 Å². The average Bonchev–Trinajstić information content (AvgIpc) is 2.74. The lowest BCUT2D eigenvalue weighted by Gasteiger charge is -2.13. The molecule has 1 atom stereocenters. The van der Waals surface area contributed by atoms with Crippen molar-refractivity contribution in [1.29, 1.82) is 0 Å². The molecule has 2 aromatic carbocycles. The second kappa shape index (κ2) is 5.34. The minimum absolute atomic E-state index is 0.485. The molecule has 0 saturated carbocycles. The van der Waals surface area contributed by atoms with Crippen molar-refractivity contribution in [1.82, 2.24) is 9.78 Å². The standard InChI is InChI=1S/C18H20N2O/c1-12-13(2)19-20(14(12)3)11-18(21)17-9-8-15-6-4-5-7-16(15)10-17/h4-10,18,21H,11H2,1-3H3. The van der Waals surface area contributed by atoms with Gasteiger partial charge in [-0.1, -0.05) is 36.4 Å². The summed E-state index contributed by atoms with van der Waals surface area (Å²) in [6.07, 6.45) is -0.549. The zero-order valence-electron chi connectivity index (χ0n) is 12.7. The molecule has 0 amide bonds. The average molecular weight is 280 g/mol. The number of benzene rings is 2. The van der Waals surface area contributed by atoms with E-state index in [-0.39, 0.29) is 0 Å². The summed E-state index contributed by atoms with van der Waals surface area (Å²) in [5.74, 6) is 0. The van der Waals surface area contributed by atoms with Crippen molar-refractivity contribution in [2.45, 2.75) is 33.4 Å². The maximum atomic E-state index is 10.5. The van der Waals surface area contributed by atoms with Crippen molar-refractivity contribution in [2.75, 3.05) is 0 Å². The zero-order chi connectivity index (χ0) is 15.0. The van der Waals surface area contributed by atoms with Crippen molar-refractivity contribution in [3.63, 3.8) is 0 Å². The molecule has 0 radical (unpaired) electrons. The molecule has 3 rings (SSSR count). The van der Waals surface area contributed by atoms with Gasteiger partial charge in [-0.15, -0.1) is 0 Å². The van der Waals surface area contributed by atoms with Gasteiger partial charge in [-0.25, -0.2) is 0 Å². The molecule has 1 heterocycles. The maximum absolute atomic E-state index is 10.5. The number of aryl methyl sites for hydroxylation is 1. The van der Waals surface area contributed by atoms with Crippen LogP contribution < -0.4 is 0 Å². The fraction of sp³-hybridized carbons (Fsp3) is 0.278. The number of aliphatic hydroxyl groups is 1. The Hall–Kier alpha value is -2.13. The van der Waals surface area contributed by atoms with E-state index in [1.807, 2.05) is 36.7 Å². The van der Waals surface area contributed by atoms with Crippen LogP contribution >= 0.6 is 0 Å². The van der Waals surface area contributed by atoms with Crippen LogP contribution in [0.4, 0.5) is 0 Å². The third kappa shape index (κ3) is 2.57. The number of fused-ring (bicyclic) bond motifs is 1. The van der Waals surface area contributed by atoms with E-state index in [9.17, 15) is 5.11 Å². The van der Waals surface area contributed by atoms with Gasteiger partial charge < -0.3 is 5.11 Å². The van der Waals surface area contributed by atoms with Crippen LogP contribution in [0, 0.1) is 20.8 Å². The summed E-state index contributed by atoms with van der Waals surface area (Å²) in [5, 5.41) is 17.3. The maximum Gasteiger partial charge on any atom is 0.0986 e. The predicted molar refractivity (Wildman–Crippen MR) is 85.3 cm³/mol. The molecule has 3 heteroatoms. The van der Waals surface area contributed by atoms with Crippen molar-refractivity contribution >= 4 is 10.8 Å². The van der Waals surface area contributed by atoms with Gasteiger partial charge in [0.25, 0.3) is 0 Å². The molecule has 0 saturated heterocycles. The Labute approximate surface area is 124 Å². The fourth-order valence-electron chi connectivity index (χ4n) is 2.65. The summed E-state index contributed by atoms with van der Waals surface area (Å²) in [5.41, 5.74) is 4.27. The van der Waals surface area contributed by atoms with Gasteiger partial charge in [-0.3, -0.25) is 4.68 Å². The summed E-state index contributed by atoms with van der Waals surface area (Å²) in [4.78, 5) is 0. The highest BCUT2D eigenvalue weighted by Crippen LogP contribution is 2.22. The van der Waals surface area contributed by atoms with Crippen LogP contribution in [0.3, 0.4) is 0 Å². The van der Waals surface area contributed by atoms with Gasteiger partial charge in [-0.05, 0) is 48.7 Å². The molecule has 1 unspecified atom stereocenters. The Balaban J connectivity index is 1.89. The molecule has 0 aliphatic rings. The number of aromatic nitrogens is 2. The molecule has 3 aromatic rings. The number of rotatable bonds is 3. The molecule has 3 nitrogen and oxygen atoms in total. The zero-order valence-corrected chi connectivity index (χ0v) is 12.7. The highest BCUT2D eigenvalue weighted by Gasteiger charge is 2.13. The summed E-state index contributed by atoms with van der Waals surface area (Å²) in [6.45, 7) is 6.60.